The van der Waals surface area contributed by atoms with Crippen LogP contribution in [0.5, 0.6) is 0 Å². The van der Waals surface area contributed by atoms with E-state index in [0.29, 0.717) is 11.3 Å². The molecule has 0 aromatic carbocycles. The normalized spacial score (nSPS) is 36.3. The fourth-order valence-corrected chi connectivity index (χ4v) is 4.21. The molecule has 18 heavy (non-hydrogen) atoms. The van der Waals surface area contributed by atoms with Crippen LogP contribution < -0.4 is 0 Å². The van der Waals surface area contributed by atoms with E-state index in [2.05, 4.69) is 20.8 Å². The molecule has 0 saturated heterocycles. The van der Waals surface area contributed by atoms with Gasteiger partial charge in [0, 0.05) is 0 Å². The summed E-state index contributed by atoms with van der Waals surface area (Å²) in [5.41, 5.74) is 0.108. The van der Waals surface area contributed by atoms with Gasteiger partial charge in [0.25, 0.3) is 0 Å². The lowest BCUT2D eigenvalue weighted by molar-refractivity contribution is -0.0742. The van der Waals surface area contributed by atoms with E-state index in [1.54, 1.807) is 0 Å². The van der Waals surface area contributed by atoms with Crippen LogP contribution in [-0.2, 0) is 0 Å². The molecule has 0 amide bonds. The minimum absolute atomic E-state index is 0.313. The van der Waals surface area contributed by atoms with Gasteiger partial charge in [-0.3, -0.25) is 0 Å². The highest BCUT2D eigenvalue weighted by Gasteiger charge is 2.42. The van der Waals surface area contributed by atoms with Gasteiger partial charge in [-0.15, -0.1) is 0 Å². The summed E-state index contributed by atoms with van der Waals surface area (Å²) in [5.74, 6) is 1.41. The summed E-state index contributed by atoms with van der Waals surface area (Å²) in [6.45, 7) is 7.06. The van der Waals surface area contributed by atoms with Crippen molar-refractivity contribution in [1.82, 2.24) is 0 Å². The van der Waals surface area contributed by atoms with Gasteiger partial charge in [-0.25, -0.2) is 0 Å². The van der Waals surface area contributed by atoms with Gasteiger partial charge in [-0.2, -0.15) is 0 Å². The lowest BCUT2D eigenvalue weighted by Crippen LogP contribution is -2.43. The summed E-state index contributed by atoms with van der Waals surface area (Å²) in [7, 11) is 0. The Hall–Kier alpha value is -0.0400. The quantitative estimate of drug-likeness (QED) is 0.656. The fraction of sp³-hybridized carbons (Fsp3) is 1.00. The van der Waals surface area contributed by atoms with E-state index in [4.69, 9.17) is 0 Å². The zero-order valence-corrected chi connectivity index (χ0v) is 12.7. The molecule has 2 fully saturated rings. The van der Waals surface area contributed by atoms with Crippen molar-refractivity contribution in [3.05, 3.63) is 0 Å². The van der Waals surface area contributed by atoms with E-state index >= 15 is 0 Å². The molecule has 1 nitrogen and oxygen atoms in total. The van der Waals surface area contributed by atoms with E-state index in [0.717, 1.165) is 18.8 Å². The van der Waals surface area contributed by atoms with Crippen LogP contribution >= 0.6 is 0 Å². The van der Waals surface area contributed by atoms with Crippen molar-refractivity contribution in [2.24, 2.45) is 17.3 Å². The van der Waals surface area contributed by atoms with E-state index in [-0.39, 0.29) is 5.60 Å². The average molecular weight is 252 g/mol. The average Bonchev–Trinajstić information content (AvgIpc) is 2.57. The van der Waals surface area contributed by atoms with Crippen molar-refractivity contribution < 1.29 is 5.11 Å². The molecule has 2 saturated carbocycles. The third kappa shape index (κ3) is 3.29. The van der Waals surface area contributed by atoms with Gasteiger partial charge in [-0.05, 0) is 55.8 Å². The molecule has 0 atom stereocenters. The summed E-state index contributed by atoms with van der Waals surface area (Å²) >= 11 is 0. The van der Waals surface area contributed by atoms with Crippen molar-refractivity contribution in [1.29, 1.82) is 0 Å². The number of hydrogen-bond acceptors (Lipinski definition) is 1. The van der Waals surface area contributed by atoms with Gasteiger partial charge in [0.05, 0.1) is 5.60 Å². The van der Waals surface area contributed by atoms with Crippen LogP contribution in [0.4, 0.5) is 0 Å². The second-order valence-electron chi connectivity index (χ2n) is 7.93. The van der Waals surface area contributed by atoms with E-state index in [1.807, 2.05) is 0 Å². The Labute approximate surface area is 113 Å². The second kappa shape index (κ2) is 5.53. The van der Waals surface area contributed by atoms with Gasteiger partial charge >= 0.3 is 0 Å². The smallest absolute Gasteiger partial charge is 0.0676 e. The highest BCUT2D eigenvalue weighted by atomic mass is 16.3. The van der Waals surface area contributed by atoms with Crippen molar-refractivity contribution in [2.45, 2.75) is 90.6 Å². The van der Waals surface area contributed by atoms with Gasteiger partial charge in [0.15, 0.2) is 0 Å². The SMILES string of the molecule is CC(C)(C)C1CCC(O)(C2CCCCCC2)CC1. The van der Waals surface area contributed by atoms with Crippen LogP contribution in [0.2, 0.25) is 0 Å². The van der Waals surface area contributed by atoms with Crippen LogP contribution in [0.3, 0.4) is 0 Å². The largest absolute Gasteiger partial charge is 0.390 e. The molecule has 0 aromatic heterocycles. The Kier molecular flexibility index (Phi) is 4.41. The molecule has 2 aliphatic rings. The molecular weight excluding hydrogens is 220 g/mol. The zero-order valence-electron chi connectivity index (χ0n) is 12.7. The fourth-order valence-electron chi connectivity index (χ4n) is 4.21. The first-order chi connectivity index (χ1) is 8.42. The predicted octanol–water partition coefficient (Wildman–Crippen LogP) is 4.92. The molecule has 2 rings (SSSR count). The molecule has 0 aliphatic heterocycles. The van der Waals surface area contributed by atoms with Gasteiger partial charge < -0.3 is 5.11 Å². The number of hydrogen-bond donors (Lipinski definition) is 1. The van der Waals surface area contributed by atoms with Crippen LogP contribution in [0.1, 0.15) is 85.0 Å². The van der Waals surface area contributed by atoms with Crippen molar-refractivity contribution in [3.8, 4) is 0 Å². The molecule has 2 aliphatic carbocycles. The number of rotatable bonds is 1. The second-order valence-corrected chi connectivity index (χ2v) is 7.93. The Bertz CT molecular complexity index is 247. The molecule has 0 radical (unpaired) electrons. The minimum atomic E-state index is -0.313. The van der Waals surface area contributed by atoms with Crippen LogP contribution in [-0.4, -0.2) is 10.7 Å². The molecule has 0 unspecified atom stereocenters. The number of aliphatic hydroxyl groups is 1. The standard InChI is InChI=1S/C17H32O/c1-16(2,3)14-10-12-17(18,13-11-14)15-8-6-4-5-7-9-15/h14-15,18H,4-13H2,1-3H3. The molecule has 0 bridgehead atoms. The highest BCUT2D eigenvalue weighted by Crippen LogP contribution is 2.46. The molecular formula is C17H32O. The molecule has 1 N–H and O–H groups in total. The van der Waals surface area contributed by atoms with Crippen LogP contribution in [0.15, 0.2) is 0 Å². The maximum Gasteiger partial charge on any atom is 0.0676 e. The first kappa shape index (κ1) is 14.4. The summed E-state index contributed by atoms with van der Waals surface area (Å²) < 4.78 is 0. The topological polar surface area (TPSA) is 20.2 Å². The minimum Gasteiger partial charge on any atom is -0.390 e. The van der Waals surface area contributed by atoms with Gasteiger partial charge in [0.1, 0.15) is 0 Å². The first-order valence-electron chi connectivity index (χ1n) is 8.14. The third-order valence-corrected chi connectivity index (χ3v) is 5.69. The summed E-state index contributed by atoms with van der Waals surface area (Å²) in [6.07, 6.45) is 12.6. The zero-order chi connectivity index (χ0) is 13.2. The van der Waals surface area contributed by atoms with Gasteiger partial charge in [0.2, 0.25) is 0 Å². The Morgan fingerprint density at radius 1 is 0.833 bits per heavy atom. The summed E-state index contributed by atoms with van der Waals surface area (Å²) in [6, 6.07) is 0. The molecule has 0 spiro atoms. The lowest BCUT2D eigenvalue weighted by atomic mass is 9.64. The van der Waals surface area contributed by atoms with Crippen LogP contribution in [0.25, 0.3) is 0 Å². The lowest BCUT2D eigenvalue weighted by Gasteiger charge is -2.45. The third-order valence-electron chi connectivity index (χ3n) is 5.69. The molecule has 106 valence electrons. The summed E-state index contributed by atoms with van der Waals surface area (Å²) in [4.78, 5) is 0. The Morgan fingerprint density at radius 3 is 1.78 bits per heavy atom. The van der Waals surface area contributed by atoms with Crippen molar-refractivity contribution >= 4 is 0 Å². The Morgan fingerprint density at radius 2 is 1.33 bits per heavy atom. The summed E-state index contributed by atoms with van der Waals surface area (Å²) in [5, 5.41) is 11.0. The van der Waals surface area contributed by atoms with E-state index in [1.165, 1.54) is 51.4 Å². The maximum atomic E-state index is 11.0. The van der Waals surface area contributed by atoms with Crippen molar-refractivity contribution in [3.63, 3.8) is 0 Å². The first-order valence-corrected chi connectivity index (χ1v) is 8.14. The monoisotopic (exact) mass is 252 g/mol. The molecule has 1 heteroatoms. The molecule has 0 heterocycles. The maximum absolute atomic E-state index is 11.0. The van der Waals surface area contributed by atoms with Crippen molar-refractivity contribution in [2.75, 3.05) is 0 Å². The van der Waals surface area contributed by atoms with E-state index in [9.17, 15) is 5.11 Å². The van der Waals surface area contributed by atoms with Gasteiger partial charge in [-0.1, -0.05) is 46.5 Å². The highest BCUT2D eigenvalue weighted by molar-refractivity contribution is 4.94. The predicted molar refractivity (Wildman–Crippen MR) is 77.6 cm³/mol. The van der Waals surface area contributed by atoms with E-state index < -0.39 is 0 Å². The Balaban J connectivity index is 1.93. The van der Waals surface area contributed by atoms with Crippen LogP contribution in [0, 0.1) is 17.3 Å². The molecule has 0 aromatic rings.